The van der Waals surface area contributed by atoms with Crippen LogP contribution in [-0.2, 0) is 4.74 Å². The predicted octanol–water partition coefficient (Wildman–Crippen LogP) is 1.64. The maximum absolute atomic E-state index is 5.10. The van der Waals surface area contributed by atoms with Crippen LogP contribution in [0.25, 0.3) is 0 Å². The summed E-state index contributed by atoms with van der Waals surface area (Å²) in [6.45, 7) is 2.88. The van der Waals surface area contributed by atoms with Crippen LogP contribution in [0.15, 0.2) is 12.4 Å². The molecule has 4 nitrogen and oxygen atoms in total. The molecule has 1 unspecified atom stereocenters. The van der Waals surface area contributed by atoms with E-state index in [1.54, 1.807) is 19.5 Å². The highest BCUT2D eigenvalue weighted by Crippen LogP contribution is 2.04. The number of ether oxygens (including phenoxy) is 1. The largest absolute Gasteiger partial charge is 0.383 e. The minimum absolute atomic E-state index is 0.348. The Hall–Kier alpha value is -1.03. The second kappa shape index (κ2) is 5.59. The van der Waals surface area contributed by atoms with Gasteiger partial charge in [0.2, 0.25) is 0 Å². The summed E-state index contributed by atoms with van der Waals surface area (Å²) in [5, 5.41) is 3.27. The van der Waals surface area contributed by atoms with E-state index in [4.69, 9.17) is 4.74 Å². The Morgan fingerprint density at radius 3 is 3.08 bits per heavy atom. The van der Waals surface area contributed by atoms with Gasteiger partial charge in [-0.1, -0.05) is 13.3 Å². The lowest BCUT2D eigenvalue weighted by atomic mass is 10.2. The van der Waals surface area contributed by atoms with Crippen LogP contribution in [0.3, 0.4) is 0 Å². The van der Waals surface area contributed by atoms with Gasteiger partial charge in [0, 0.05) is 19.5 Å². The molecule has 2 N–H and O–H groups in total. The van der Waals surface area contributed by atoms with Crippen molar-refractivity contribution in [3.05, 3.63) is 12.4 Å². The first kappa shape index (κ1) is 10.1. The van der Waals surface area contributed by atoms with Crippen molar-refractivity contribution in [2.75, 3.05) is 19.0 Å². The molecule has 1 atom stereocenters. The van der Waals surface area contributed by atoms with Crippen molar-refractivity contribution < 1.29 is 4.74 Å². The van der Waals surface area contributed by atoms with E-state index in [1.165, 1.54) is 0 Å². The van der Waals surface area contributed by atoms with E-state index < -0.39 is 0 Å². The Morgan fingerprint density at radius 1 is 1.69 bits per heavy atom. The summed E-state index contributed by atoms with van der Waals surface area (Å²) in [4.78, 5) is 7.10. The van der Waals surface area contributed by atoms with Gasteiger partial charge < -0.3 is 15.0 Å². The molecule has 1 aromatic heterocycles. The lowest BCUT2D eigenvalue weighted by Gasteiger charge is -2.15. The van der Waals surface area contributed by atoms with Crippen LogP contribution < -0.4 is 5.32 Å². The summed E-state index contributed by atoms with van der Waals surface area (Å²) < 4.78 is 5.10. The third-order valence-electron chi connectivity index (χ3n) is 1.84. The Balaban J connectivity index is 2.37. The van der Waals surface area contributed by atoms with Crippen LogP contribution >= 0.6 is 0 Å². The molecule has 0 aromatic carbocycles. The number of hydrogen-bond donors (Lipinski definition) is 2. The highest BCUT2D eigenvalue weighted by molar-refractivity contribution is 5.24. The Kier molecular flexibility index (Phi) is 4.32. The highest BCUT2D eigenvalue weighted by Gasteiger charge is 2.07. The van der Waals surface area contributed by atoms with E-state index in [1.807, 2.05) is 0 Å². The number of hydrogen-bond acceptors (Lipinski definition) is 3. The molecule has 13 heavy (non-hydrogen) atoms. The van der Waals surface area contributed by atoms with Crippen LogP contribution in [0.1, 0.15) is 19.8 Å². The van der Waals surface area contributed by atoms with E-state index in [0.717, 1.165) is 18.8 Å². The molecular formula is C9H17N3O. The second-order valence-corrected chi connectivity index (χ2v) is 3.02. The first-order chi connectivity index (χ1) is 6.36. The summed E-state index contributed by atoms with van der Waals surface area (Å²) in [5.41, 5.74) is 0. The second-order valence-electron chi connectivity index (χ2n) is 3.02. The first-order valence-electron chi connectivity index (χ1n) is 4.61. The molecule has 0 bridgehead atoms. The minimum Gasteiger partial charge on any atom is -0.383 e. The molecule has 74 valence electrons. The molecule has 0 radical (unpaired) electrons. The van der Waals surface area contributed by atoms with E-state index in [9.17, 15) is 0 Å². The summed E-state index contributed by atoms with van der Waals surface area (Å²) >= 11 is 0. The maximum Gasteiger partial charge on any atom is 0.200 e. The molecular weight excluding hydrogens is 166 g/mol. The molecule has 0 aliphatic rings. The van der Waals surface area contributed by atoms with Crippen molar-refractivity contribution in [2.45, 2.75) is 25.8 Å². The summed E-state index contributed by atoms with van der Waals surface area (Å²) in [6, 6.07) is 0.348. The summed E-state index contributed by atoms with van der Waals surface area (Å²) in [7, 11) is 1.71. The topological polar surface area (TPSA) is 49.9 Å². The lowest BCUT2D eigenvalue weighted by Crippen LogP contribution is -2.25. The average Bonchev–Trinajstić information content (AvgIpc) is 2.58. The lowest BCUT2D eigenvalue weighted by molar-refractivity contribution is 0.182. The van der Waals surface area contributed by atoms with Crippen molar-refractivity contribution in [3.8, 4) is 0 Å². The van der Waals surface area contributed by atoms with Gasteiger partial charge in [0.1, 0.15) is 0 Å². The number of imidazole rings is 1. The van der Waals surface area contributed by atoms with Gasteiger partial charge in [-0.3, -0.25) is 0 Å². The van der Waals surface area contributed by atoms with Gasteiger partial charge in [0.15, 0.2) is 5.95 Å². The SMILES string of the molecule is CCCC(COC)Nc1ncc[nH]1. The fourth-order valence-electron chi connectivity index (χ4n) is 1.28. The van der Waals surface area contributed by atoms with E-state index in [-0.39, 0.29) is 0 Å². The quantitative estimate of drug-likeness (QED) is 0.704. The molecule has 0 aliphatic heterocycles. The number of aromatic nitrogens is 2. The Bertz CT molecular complexity index is 205. The van der Waals surface area contributed by atoms with Crippen LogP contribution in [0.2, 0.25) is 0 Å². The molecule has 0 fully saturated rings. The fourth-order valence-corrected chi connectivity index (χ4v) is 1.28. The van der Waals surface area contributed by atoms with Gasteiger partial charge in [0.25, 0.3) is 0 Å². The number of anilines is 1. The highest BCUT2D eigenvalue weighted by atomic mass is 16.5. The normalized spacial score (nSPS) is 12.8. The monoisotopic (exact) mass is 183 g/mol. The molecule has 0 amide bonds. The zero-order valence-electron chi connectivity index (χ0n) is 8.21. The fraction of sp³-hybridized carbons (Fsp3) is 0.667. The minimum atomic E-state index is 0.348. The van der Waals surface area contributed by atoms with Crippen LogP contribution in [0.4, 0.5) is 5.95 Å². The Morgan fingerprint density at radius 2 is 2.54 bits per heavy atom. The molecule has 1 aromatic rings. The molecule has 0 saturated heterocycles. The number of nitrogens with zero attached hydrogens (tertiary/aromatic N) is 1. The maximum atomic E-state index is 5.10. The van der Waals surface area contributed by atoms with Crippen molar-refractivity contribution in [1.29, 1.82) is 0 Å². The standard InChI is InChI=1S/C9H17N3O/c1-3-4-8(7-13-2)12-9-10-5-6-11-9/h5-6,8H,3-4,7H2,1-2H3,(H2,10,11,12). The van der Waals surface area contributed by atoms with E-state index in [2.05, 4.69) is 22.2 Å². The van der Waals surface area contributed by atoms with Crippen molar-refractivity contribution in [3.63, 3.8) is 0 Å². The summed E-state index contributed by atoms with van der Waals surface area (Å²) in [5.74, 6) is 0.815. The van der Waals surface area contributed by atoms with Crippen molar-refractivity contribution in [1.82, 2.24) is 9.97 Å². The van der Waals surface area contributed by atoms with Gasteiger partial charge in [0.05, 0.1) is 12.6 Å². The molecule has 0 spiro atoms. The Labute approximate surface area is 78.7 Å². The van der Waals surface area contributed by atoms with E-state index in [0.29, 0.717) is 12.6 Å². The van der Waals surface area contributed by atoms with Gasteiger partial charge in [-0.2, -0.15) is 0 Å². The average molecular weight is 183 g/mol. The van der Waals surface area contributed by atoms with Crippen molar-refractivity contribution >= 4 is 5.95 Å². The number of aromatic amines is 1. The summed E-state index contributed by atoms with van der Waals surface area (Å²) in [6.07, 6.45) is 5.77. The number of nitrogens with one attached hydrogen (secondary N) is 2. The zero-order chi connectivity index (χ0) is 9.52. The number of H-pyrrole nitrogens is 1. The molecule has 1 heterocycles. The van der Waals surface area contributed by atoms with Gasteiger partial charge in [-0.25, -0.2) is 4.98 Å². The van der Waals surface area contributed by atoms with Gasteiger partial charge in [-0.15, -0.1) is 0 Å². The zero-order valence-corrected chi connectivity index (χ0v) is 8.21. The van der Waals surface area contributed by atoms with Crippen molar-refractivity contribution in [2.24, 2.45) is 0 Å². The van der Waals surface area contributed by atoms with Crippen LogP contribution in [-0.4, -0.2) is 29.7 Å². The predicted molar refractivity (Wildman–Crippen MR) is 52.8 cm³/mol. The number of rotatable bonds is 6. The first-order valence-corrected chi connectivity index (χ1v) is 4.61. The third kappa shape index (κ3) is 3.46. The van der Waals surface area contributed by atoms with Crippen LogP contribution in [0.5, 0.6) is 0 Å². The van der Waals surface area contributed by atoms with Crippen LogP contribution in [0, 0.1) is 0 Å². The van der Waals surface area contributed by atoms with Gasteiger partial charge in [-0.05, 0) is 6.42 Å². The third-order valence-corrected chi connectivity index (χ3v) is 1.84. The number of methoxy groups -OCH3 is 1. The smallest absolute Gasteiger partial charge is 0.200 e. The molecule has 4 heteroatoms. The van der Waals surface area contributed by atoms with E-state index >= 15 is 0 Å². The molecule has 1 rings (SSSR count). The molecule has 0 aliphatic carbocycles. The molecule has 0 saturated carbocycles. The van der Waals surface area contributed by atoms with Gasteiger partial charge >= 0.3 is 0 Å².